The first-order valence-corrected chi connectivity index (χ1v) is 8.04. The number of rotatable bonds is 10. The van der Waals surface area contributed by atoms with E-state index in [1.807, 2.05) is 0 Å². The maximum absolute atomic E-state index is 9.81. The lowest BCUT2D eigenvalue weighted by Gasteiger charge is -2.15. The minimum atomic E-state index is -0.175. The van der Waals surface area contributed by atoms with Gasteiger partial charge in [0.15, 0.2) is 5.96 Å². The van der Waals surface area contributed by atoms with Crippen LogP contribution in [-0.4, -0.2) is 63.7 Å². The third kappa shape index (κ3) is 8.24. The van der Waals surface area contributed by atoms with Crippen molar-refractivity contribution in [2.45, 2.75) is 38.7 Å². The van der Waals surface area contributed by atoms with Gasteiger partial charge in [-0.05, 0) is 26.2 Å². The molecule has 6 heteroatoms. The summed E-state index contributed by atoms with van der Waals surface area (Å²) in [4.78, 5) is 4.57. The molecule has 0 spiro atoms. The number of methoxy groups -OCH3 is 1. The molecule has 21 heavy (non-hydrogen) atoms. The fourth-order valence-corrected chi connectivity index (χ4v) is 2.41. The first kappa shape index (κ1) is 18.2. The average molecular weight is 301 g/mol. The van der Waals surface area contributed by atoms with E-state index in [4.69, 9.17) is 9.47 Å². The summed E-state index contributed by atoms with van der Waals surface area (Å²) in [6.45, 7) is 6.41. The number of nitrogens with one attached hydrogen (secondary N) is 2. The topological polar surface area (TPSA) is 75.1 Å². The molecule has 1 rings (SSSR count). The summed E-state index contributed by atoms with van der Waals surface area (Å²) in [5.74, 6) is 1.14. The van der Waals surface area contributed by atoms with Crippen LogP contribution in [0.1, 0.15) is 32.6 Å². The predicted octanol–water partition coefficient (Wildman–Crippen LogP) is 0.756. The standard InChI is InChI=1S/C15H31N3O3/c1-3-16-15(17-8-5-9-21-11-10-20-2)18-12-13-6-4-7-14(13)19/h13-14,19H,3-12H2,1-2H3,(H2,16,17,18). The highest BCUT2D eigenvalue weighted by molar-refractivity contribution is 5.79. The highest BCUT2D eigenvalue weighted by Gasteiger charge is 2.24. The average Bonchev–Trinajstić information content (AvgIpc) is 2.89. The molecule has 124 valence electrons. The van der Waals surface area contributed by atoms with Gasteiger partial charge in [0.1, 0.15) is 0 Å². The maximum Gasteiger partial charge on any atom is 0.191 e. The van der Waals surface area contributed by atoms with Crippen LogP contribution in [0.25, 0.3) is 0 Å². The number of guanidine groups is 1. The van der Waals surface area contributed by atoms with Gasteiger partial charge in [-0.15, -0.1) is 0 Å². The van der Waals surface area contributed by atoms with Crippen molar-refractivity contribution in [3.05, 3.63) is 0 Å². The molecule has 2 atom stereocenters. The second-order valence-electron chi connectivity index (χ2n) is 5.36. The van der Waals surface area contributed by atoms with Crippen LogP contribution in [0.3, 0.4) is 0 Å². The Bertz CT molecular complexity index is 287. The smallest absolute Gasteiger partial charge is 0.191 e. The van der Waals surface area contributed by atoms with Gasteiger partial charge >= 0.3 is 0 Å². The molecule has 0 aromatic carbocycles. The van der Waals surface area contributed by atoms with E-state index < -0.39 is 0 Å². The zero-order valence-electron chi connectivity index (χ0n) is 13.4. The Balaban J connectivity index is 2.16. The summed E-state index contributed by atoms with van der Waals surface area (Å²) in [6, 6.07) is 0. The summed E-state index contributed by atoms with van der Waals surface area (Å²) >= 11 is 0. The number of hydrogen-bond donors (Lipinski definition) is 3. The molecule has 1 aliphatic rings. The molecule has 0 saturated heterocycles. The highest BCUT2D eigenvalue weighted by atomic mass is 16.5. The van der Waals surface area contributed by atoms with Crippen molar-refractivity contribution in [3.63, 3.8) is 0 Å². The normalized spacial score (nSPS) is 22.5. The Morgan fingerprint density at radius 1 is 1.24 bits per heavy atom. The van der Waals surface area contributed by atoms with E-state index in [-0.39, 0.29) is 6.10 Å². The van der Waals surface area contributed by atoms with Crippen LogP contribution >= 0.6 is 0 Å². The van der Waals surface area contributed by atoms with Gasteiger partial charge in [0.05, 0.1) is 19.3 Å². The van der Waals surface area contributed by atoms with Gasteiger partial charge < -0.3 is 25.2 Å². The number of aliphatic imine (C=N–C) groups is 1. The van der Waals surface area contributed by atoms with Crippen molar-refractivity contribution < 1.29 is 14.6 Å². The van der Waals surface area contributed by atoms with Gasteiger partial charge in [-0.3, -0.25) is 4.99 Å². The second kappa shape index (κ2) is 11.8. The Hall–Kier alpha value is -0.850. The molecule has 2 unspecified atom stereocenters. The molecule has 1 fully saturated rings. The van der Waals surface area contributed by atoms with E-state index >= 15 is 0 Å². The summed E-state index contributed by atoms with van der Waals surface area (Å²) in [6.07, 6.45) is 3.87. The molecule has 6 nitrogen and oxygen atoms in total. The molecule has 0 aromatic heterocycles. The van der Waals surface area contributed by atoms with Crippen LogP contribution in [0.15, 0.2) is 4.99 Å². The highest BCUT2D eigenvalue weighted by Crippen LogP contribution is 2.25. The van der Waals surface area contributed by atoms with Gasteiger partial charge in [0, 0.05) is 39.3 Å². The van der Waals surface area contributed by atoms with Gasteiger partial charge in [-0.2, -0.15) is 0 Å². The molecular weight excluding hydrogens is 270 g/mol. The lowest BCUT2D eigenvalue weighted by molar-refractivity contribution is 0.0698. The molecule has 1 saturated carbocycles. The number of hydrogen-bond acceptors (Lipinski definition) is 4. The van der Waals surface area contributed by atoms with E-state index in [1.165, 1.54) is 0 Å². The van der Waals surface area contributed by atoms with Crippen LogP contribution in [0.5, 0.6) is 0 Å². The number of nitrogens with zero attached hydrogens (tertiary/aromatic N) is 1. The summed E-state index contributed by atoms with van der Waals surface area (Å²) < 4.78 is 10.3. The van der Waals surface area contributed by atoms with Gasteiger partial charge in [0.25, 0.3) is 0 Å². The molecule has 0 aromatic rings. The SMILES string of the molecule is CCNC(=NCC1CCCC1O)NCCCOCCOC. The maximum atomic E-state index is 9.81. The number of ether oxygens (including phenoxy) is 2. The van der Waals surface area contributed by atoms with Crippen LogP contribution in [-0.2, 0) is 9.47 Å². The summed E-state index contributed by atoms with van der Waals surface area (Å²) in [5, 5.41) is 16.3. The fraction of sp³-hybridized carbons (Fsp3) is 0.933. The largest absolute Gasteiger partial charge is 0.393 e. The van der Waals surface area contributed by atoms with Crippen molar-refractivity contribution in [1.29, 1.82) is 0 Å². The first-order chi connectivity index (χ1) is 10.3. The monoisotopic (exact) mass is 301 g/mol. The predicted molar refractivity (Wildman–Crippen MR) is 84.6 cm³/mol. The van der Waals surface area contributed by atoms with Crippen molar-refractivity contribution in [2.24, 2.45) is 10.9 Å². The Morgan fingerprint density at radius 3 is 2.76 bits per heavy atom. The lowest BCUT2D eigenvalue weighted by Crippen LogP contribution is -2.38. The molecular formula is C15H31N3O3. The number of aliphatic hydroxyl groups excluding tert-OH is 1. The van der Waals surface area contributed by atoms with Gasteiger partial charge in [-0.1, -0.05) is 6.42 Å². The van der Waals surface area contributed by atoms with Crippen LogP contribution in [0.4, 0.5) is 0 Å². The molecule has 3 N–H and O–H groups in total. The van der Waals surface area contributed by atoms with E-state index in [0.717, 1.165) is 51.3 Å². The molecule has 0 bridgehead atoms. The van der Waals surface area contributed by atoms with E-state index in [1.54, 1.807) is 7.11 Å². The fourth-order valence-electron chi connectivity index (χ4n) is 2.41. The van der Waals surface area contributed by atoms with Crippen LogP contribution < -0.4 is 10.6 Å². The quantitative estimate of drug-likeness (QED) is 0.315. The minimum absolute atomic E-state index is 0.175. The van der Waals surface area contributed by atoms with Crippen molar-refractivity contribution >= 4 is 5.96 Å². The molecule has 0 radical (unpaired) electrons. The van der Waals surface area contributed by atoms with Crippen LogP contribution in [0.2, 0.25) is 0 Å². The van der Waals surface area contributed by atoms with Crippen molar-refractivity contribution in [1.82, 2.24) is 10.6 Å². The number of aliphatic hydroxyl groups is 1. The van der Waals surface area contributed by atoms with Gasteiger partial charge in [0.2, 0.25) is 0 Å². The summed E-state index contributed by atoms with van der Waals surface area (Å²) in [7, 11) is 1.67. The Morgan fingerprint density at radius 2 is 2.10 bits per heavy atom. The minimum Gasteiger partial charge on any atom is -0.393 e. The molecule has 0 aliphatic heterocycles. The zero-order valence-corrected chi connectivity index (χ0v) is 13.4. The van der Waals surface area contributed by atoms with E-state index in [2.05, 4.69) is 22.5 Å². The van der Waals surface area contributed by atoms with E-state index in [0.29, 0.717) is 25.7 Å². The van der Waals surface area contributed by atoms with Crippen molar-refractivity contribution in [2.75, 3.05) is 46.6 Å². The Kier molecular flexibility index (Phi) is 10.2. The second-order valence-corrected chi connectivity index (χ2v) is 5.36. The van der Waals surface area contributed by atoms with Gasteiger partial charge in [-0.25, -0.2) is 0 Å². The molecule has 0 heterocycles. The Labute approximate surface area is 128 Å². The third-order valence-electron chi connectivity index (χ3n) is 3.64. The molecule has 0 amide bonds. The zero-order chi connectivity index (χ0) is 15.3. The van der Waals surface area contributed by atoms with E-state index in [9.17, 15) is 5.11 Å². The molecule has 1 aliphatic carbocycles. The summed E-state index contributed by atoms with van der Waals surface area (Å²) in [5.41, 5.74) is 0. The first-order valence-electron chi connectivity index (χ1n) is 8.04. The third-order valence-corrected chi connectivity index (χ3v) is 3.64. The lowest BCUT2D eigenvalue weighted by atomic mass is 10.1. The van der Waals surface area contributed by atoms with Crippen molar-refractivity contribution in [3.8, 4) is 0 Å². The van der Waals surface area contributed by atoms with Crippen LogP contribution in [0, 0.1) is 5.92 Å².